The van der Waals surface area contributed by atoms with Crippen LogP contribution in [0.15, 0.2) is 24.3 Å². The van der Waals surface area contributed by atoms with E-state index in [0.29, 0.717) is 10.8 Å². The zero-order valence-corrected chi connectivity index (χ0v) is 10.1. The van der Waals surface area contributed by atoms with Crippen LogP contribution >= 0.6 is 22.6 Å². The van der Waals surface area contributed by atoms with Crippen molar-refractivity contribution in [3.8, 4) is 11.5 Å². The highest BCUT2D eigenvalue weighted by atomic mass is 127. The third-order valence-electron chi connectivity index (χ3n) is 2.29. The van der Waals surface area contributed by atoms with Gasteiger partial charge in [0.2, 0.25) is 0 Å². The highest BCUT2D eigenvalue weighted by molar-refractivity contribution is 14.1. The van der Waals surface area contributed by atoms with E-state index in [-0.39, 0.29) is 11.3 Å². The first-order valence-electron chi connectivity index (χ1n) is 4.39. The Kier molecular flexibility index (Phi) is 2.63. The average Bonchev–Trinajstić information content (AvgIpc) is 2.22. The predicted octanol–water partition coefficient (Wildman–Crippen LogP) is 2.55. The summed E-state index contributed by atoms with van der Waals surface area (Å²) in [7, 11) is 0. The van der Waals surface area contributed by atoms with Gasteiger partial charge in [0.15, 0.2) is 11.5 Å². The second-order valence-corrected chi connectivity index (χ2v) is 4.43. The van der Waals surface area contributed by atoms with E-state index in [9.17, 15) is 15.0 Å². The summed E-state index contributed by atoms with van der Waals surface area (Å²) in [5, 5.41) is 29.2. The zero-order chi connectivity index (χ0) is 11.9. The maximum Gasteiger partial charge on any atom is 0.339 e. The minimum Gasteiger partial charge on any atom is -0.504 e. The van der Waals surface area contributed by atoms with Crippen LogP contribution in [0.25, 0.3) is 10.8 Å². The summed E-state index contributed by atoms with van der Waals surface area (Å²) in [6.45, 7) is 0. The normalized spacial score (nSPS) is 10.6. The van der Waals surface area contributed by atoms with E-state index in [1.54, 1.807) is 18.2 Å². The minimum absolute atomic E-state index is 0.299. The van der Waals surface area contributed by atoms with Crippen molar-refractivity contribution in [3.05, 3.63) is 33.4 Å². The quantitative estimate of drug-likeness (QED) is 0.555. The van der Waals surface area contributed by atoms with Crippen LogP contribution in [0, 0.1) is 3.57 Å². The zero-order valence-electron chi connectivity index (χ0n) is 7.94. The SMILES string of the molecule is O=C(O)c1cc2cccc(I)c2c(O)c1O. The van der Waals surface area contributed by atoms with E-state index in [1.807, 2.05) is 22.6 Å². The lowest BCUT2D eigenvalue weighted by Gasteiger charge is -2.08. The molecule has 82 valence electrons. The number of hydrogen-bond donors (Lipinski definition) is 3. The Morgan fingerprint density at radius 1 is 1.19 bits per heavy atom. The monoisotopic (exact) mass is 330 g/mol. The van der Waals surface area contributed by atoms with Gasteiger partial charge in [-0.3, -0.25) is 0 Å². The standard InChI is InChI=1S/C11H7IO4/c12-7-3-1-2-5-4-6(11(15)16)9(13)10(14)8(5)7/h1-4,13-14H,(H,15,16). The molecular weight excluding hydrogens is 323 g/mol. The first kappa shape index (κ1) is 11.0. The van der Waals surface area contributed by atoms with E-state index in [4.69, 9.17) is 5.11 Å². The summed E-state index contributed by atoms with van der Waals surface area (Å²) >= 11 is 2.01. The van der Waals surface area contributed by atoms with E-state index in [1.165, 1.54) is 6.07 Å². The van der Waals surface area contributed by atoms with Gasteiger partial charge >= 0.3 is 5.97 Å². The van der Waals surface area contributed by atoms with E-state index < -0.39 is 11.7 Å². The molecule has 0 saturated heterocycles. The lowest BCUT2D eigenvalue weighted by molar-refractivity contribution is 0.0693. The molecule has 4 nitrogen and oxygen atoms in total. The summed E-state index contributed by atoms with van der Waals surface area (Å²) < 4.78 is 0.750. The van der Waals surface area contributed by atoms with Crippen LogP contribution in [-0.2, 0) is 0 Å². The van der Waals surface area contributed by atoms with Gasteiger partial charge in [-0.15, -0.1) is 0 Å². The molecule has 0 aliphatic rings. The van der Waals surface area contributed by atoms with Crippen LogP contribution in [-0.4, -0.2) is 21.3 Å². The molecular formula is C11H7IO4. The smallest absolute Gasteiger partial charge is 0.339 e. The van der Waals surface area contributed by atoms with Gasteiger partial charge in [0.05, 0.1) is 0 Å². The molecule has 0 amide bonds. The number of fused-ring (bicyclic) bond motifs is 1. The molecule has 0 aliphatic carbocycles. The average molecular weight is 330 g/mol. The number of halogens is 1. The summed E-state index contributed by atoms with van der Waals surface area (Å²) in [5.74, 6) is -2.25. The van der Waals surface area contributed by atoms with Crippen molar-refractivity contribution in [3.63, 3.8) is 0 Å². The summed E-state index contributed by atoms with van der Waals surface area (Å²) in [6.07, 6.45) is 0. The molecule has 0 bridgehead atoms. The number of aromatic hydroxyl groups is 2. The molecule has 5 heteroatoms. The number of phenols is 2. The van der Waals surface area contributed by atoms with Crippen LogP contribution < -0.4 is 0 Å². The molecule has 0 atom stereocenters. The summed E-state index contributed by atoms with van der Waals surface area (Å²) in [5.41, 5.74) is -0.299. The number of carboxylic acids is 1. The molecule has 16 heavy (non-hydrogen) atoms. The Morgan fingerprint density at radius 3 is 2.50 bits per heavy atom. The number of benzene rings is 2. The first-order valence-corrected chi connectivity index (χ1v) is 5.46. The van der Waals surface area contributed by atoms with Crippen LogP contribution in [0.3, 0.4) is 0 Å². The highest BCUT2D eigenvalue weighted by Crippen LogP contribution is 2.39. The van der Waals surface area contributed by atoms with Gasteiger partial charge in [-0.2, -0.15) is 0 Å². The molecule has 0 aliphatic heterocycles. The lowest BCUT2D eigenvalue weighted by atomic mass is 10.0. The molecule has 2 aromatic carbocycles. The maximum absolute atomic E-state index is 10.8. The Morgan fingerprint density at radius 2 is 1.88 bits per heavy atom. The Labute approximate surface area is 104 Å². The Bertz CT molecular complexity index is 592. The Hall–Kier alpha value is -1.50. The number of phenolic OH excluding ortho intramolecular Hbond substituents is 1. The van der Waals surface area contributed by atoms with Gasteiger partial charge in [0.1, 0.15) is 5.56 Å². The van der Waals surface area contributed by atoms with Gasteiger partial charge in [0.25, 0.3) is 0 Å². The summed E-state index contributed by atoms with van der Waals surface area (Å²) in [4.78, 5) is 10.8. The molecule has 0 saturated carbocycles. The Balaban J connectivity index is 2.94. The summed E-state index contributed by atoms with van der Waals surface area (Å²) in [6, 6.07) is 6.55. The fourth-order valence-electron chi connectivity index (χ4n) is 1.54. The topological polar surface area (TPSA) is 77.8 Å². The van der Waals surface area contributed by atoms with Crippen molar-refractivity contribution >= 4 is 39.3 Å². The van der Waals surface area contributed by atoms with Gasteiger partial charge < -0.3 is 15.3 Å². The molecule has 3 N–H and O–H groups in total. The molecule has 2 rings (SSSR count). The van der Waals surface area contributed by atoms with Crippen LogP contribution in [0.4, 0.5) is 0 Å². The maximum atomic E-state index is 10.8. The molecule has 0 unspecified atom stereocenters. The van der Waals surface area contributed by atoms with Gasteiger partial charge in [0, 0.05) is 8.96 Å². The highest BCUT2D eigenvalue weighted by Gasteiger charge is 2.17. The largest absolute Gasteiger partial charge is 0.504 e. The third-order valence-corrected chi connectivity index (χ3v) is 3.19. The fourth-order valence-corrected chi connectivity index (χ4v) is 2.32. The number of carbonyl (C=O) groups is 1. The second-order valence-electron chi connectivity index (χ2n) is 3.26. The third kappa shape index (κ3) is 1.57. The van der Waals surface area contributed by atoms with E-state index >= 15 is 0 Å². The molecule has 0 fully saturated rings. The minimum atomic E-state index is -1.27. The van der Waals surface area contributed by atoms with Gasteiger partial charge in [-0.25, -0.2) is 4.79 Å². The van der Waals surface area contributed by atoms with Crippen molar-refractivity contribution < 1.29 is 20.1 Å². The van der Waals surface area contributed by atoms with Crippen molar-refractivity contribution in [1.29, 1.82) is 0 Å². The molecule has 0 spiro atoms. The first-order chi connectivity index (χ1) is 7.52. The molecule has 0 aromatic heterocycles. The van der Waals surface area contributed by atoms with Crippen LogP contribution in [0.2, 0.25) is 0 Å². The molecule has 0 heterocycles. The number of rotatable bonds is 1. The van der Waals surface area contributed by atoms with Crippen molar-refractivity contribution in [2.45, 2.75) is 0 Å². The van der Waals surface area contributed by atoms with Crippen molar-refractivity contribution in [2.75, 3.05) is 0 Å². The van der Waals surface area contributed by atoms with E-state index in [0.717, 1.165) is 3.57 Å². The van der Waals surface area contributed by atoms with Crippen molar-refractivity contribution in [1.82, 2.24) is 0 Å². The van der Waals surface area contributed by atoms with E-state index in [2.05, 4.69) is 0 Å². The van der Waals surface area contributed by atoms with Gasteiger partial charge in [-0.05, 0) is 40.1 Å². The number of aromatic carboxylic acids is 1. The molecule has 2 aromatic rings. The van der Waals surface area contributed by atoms with Crippen LogP contribution in [0.1, 0.15) is 10.4 Å². The second kappa shape index (κ2) is 3.82. The molecule has 0 radical (unpaired) electrons. The fraction of sp³-hybridized carbons (Fsp3) is 0. The lowest BCUT2D eigenvalue weighted by Crippen LogP contribution is -1.97. The number of hydrogen-bond acceptors (Lipinski definition) is 3. The van der Waals surface area contributed by atoms with Crippen LogP contribution in [0.5, 0.6) is 11.5 Å². The van der Waals surface area contributed by atoms with Crippen molar-refractivity contribution in [2.24, 2.45) is 0 Å². The predicted molar refractivity (Wildman–Crippen MR) is 67.0 cm³/mol. The van der Waals surface area contributed by atoms with Gasteiger partial charge in [-0.1, -0.05) is 12.1 Å². The number of carboxylic acid groups (broad SMARTS) is 1.